The molecule has 2 rings (SSSR count). The van der Waals surface area contributed by atoms with E-state index in [1.165, 1.54) is 62.5 Å². The zero-order valence-electron chi connectivity index (χ0n) is 26.0. The van der Waals surface area contributed by atoms with Crippen LogP contribution in [0.25, 0.3) is 0 Å². The number of ether oxygens (including phenoxy) is 1. The van der Waals surface area contributed by atoms with Crippen molar-refractivity contribution in [3.63, 3.8) is 0 Å². The number of hydrogen-bond acceptors (Lipinski definition) is 2. The van der Waals surface area contributed by atoms with Crippen LogP contribution in [0.2, 0.25) is 18.1 Å². The topological polar surface area (TPSA) is 18.5 Å². The van der Waals surface area contributed by atoms with Crippen molar-refractivity contribution in [3.8, 4) is 11.5 Å². The molecule has 1 aromatic carbocycles. The molecule has 1 aliphatic rings. The Balaban J connectivity index is 1.80. The summed E-state index contributed by atoms with van der Waals surface area (Å²) in [6.45, 7) is 25.7. The summed E-state index contributed by atoms with van der Waals surface area (Å²) in [5.41, 5.74) is 2.52. The van der Waals surface area contributed by atoms with Gasteiger partial charge >= 0.3 is 0 Å². The maximum Gasteiger partial charge on any atom is 0.250 e. The van der Waals surface area contributed by atoms with Crippen LogP contribution < -0.4 is 9.16 Å². The molecule has 1 aromatic rings. The minimum Gasteiger partial charge on any atom is -0.543 e. The summed E-state index contributed by atoms with van der Waals surface area (Å²) in [5.74, 6) is 4.72. The minimum absolute atomic E-state index is 0.0375. The smallest absolute Gasteiger partial charge is 0.250 e. The first kappa shape index (κ1) is 31.3. The van der Waals surface area contributed by atoms with Crippen LogP contribution in [0.15, 0.2) is 12.1 Å². The van der Waals surface area contributed by atoms with Gasteiger partial charge in [0, 0.05) is 0 Å². The predicted octanol–water partition coefficient (Wildman–Crippen LogP) is 10.9. The van der Waals surface area contributed by atoms with Gasteiger partial charge in [-0.05, 0) is 98.7 Å². The van der Waals surface area contributed by atoms with Gasteiger partial charge in [0.25, 0.3) is 0 Å². The summed E-state index contributed by atoms with van der Waals surface area (Å²) >= 11 is 0. The molecule has 2 nitrogen and oxygen atoms in total. The summed E-state index contributed by atoms with van der Waals surface area (Å²) in [5, 5.41) is 0.203. The Bertz CT molecular complexity index is 807. The molecule has 0 fully saturated rings. The van der Waals surface area contributed by atoms with Gasteiger partial charge in [-0.2, -0.15) is 0 Å². The fraction of sp³-hybridized carbons (Fsp3) is 0.818. The number of aryl methyl sites for hydroxylation is 2. The molecule has 0 amide bonds. The molecule has 0 saturated heterocycles. The molecule has 36 heavy (non-hydrogen) atoms. The molecule has 3 atom stereocenters. The highest BCUT2D eigenvalue weighted by molar-refractivity contribution is 6.74. The van der Waals surface area contributed by atoms with Crippen molar-refractivity contribution in [2.75, 3.05) is 0 Å². The Kier molecular flexibility index (Phi) is 11.5. The normalized spacial score (nSPS) is 20.1. The van der Waals surface area contributed by atoms with E-state index in [1.54, 1.807) is 0 Å². The first-order valence-corrected chi connectivity index (χ1v) is 18.0. The van der Waals surface area contributed by atoms with E-state index in [4.69, 9.17) is 9.16 Å². The predicted molar refractivity (Wildman–Crippen MR) is 161 cm³/mol. The summed E-state index contributed by atoms with van der Waals surface area (Å²) < 4.78 is 13.3. The van der Waals surface area contributed by atoms with Crippen molar-refractivity contribution >= 4 is 8.32 Å². The van der Waals surface area contributed by atoms with Gasteiger partial charge in [0.2, 0.25) is 8.32 Å². The van der Waals surface area contributed by atoms with E-state index < -0.39 is 8.32 Å². The third-order valence-corrected chi connectivity index (χ3v) is 13.4. The second-order valence-electron chi connectivity index (χ2n) is 14.5. The number of hydrogen-bond donors (Lipinski definition) is 0. The van der Waals surface area contributed by atoms with Gasteiger partial charge in [0.1, 0.15) is 17.1 Å². The van der Waals surface area contributed by atoms with Gasteiger partial charge < -0.3 is 9.16 Å². The standard InChI is InChI=1S/C33H60O2Si/c1-25(2)15-12-16-26(3)17-13-18-27(4)19-14-21-33(9)22-20-29-24-30(23-28(5)31(29)34-33)35-36(10,11)32(6,7)8/h23-27H,12-22H2,1-11H3. The molecule has 0 spiro atoms. The molecule has 1 heterocycles. The van der Waals surface area contributed by atoms with Crippen molar-refractivity contribution in [2.24, 2.45) is 17.8 Å². The van der Waals surface area contributed by atoms with E-state index in [-0.39, 0.29) is 10.6 Å². The van der Waals surface area contributed by atoms with Crippen LogP contribution in [-0.4, -0.2) is 13.9 Å². The van der Waals surface area contributed by atoms with E-state index in [0.29, 0.717) is 0 Å². The van der Waals surface area contributed by atoms with Crippen LogP contribution in [-0.2, 0) is 6.42 Å². The van der Waals surface area contributed by atoms with Crippen LogP contribution >= 0.6 is 0 Å². The molecule has 0 aromatic heterocycles. The lowest BCUT2D eigenvalue weighted by Crippen LogP contribution is -2.44. The van der Waals surface area contributed by atoms with E-state index in [0.717, 1.165) is 48.5 Å². The molecule has 0 radical (unpaired) electrons. The SMILES string of the molecule is Cc1cc(O[Si](C)(C)C(C)(C)C)cc2c1OC(C)(CCCC(C)CCCC(C)CCCC(C)C)CC2. The van der Waals surface area contributed by atoms with E-state index in [1.807, 2.05) is 0 Å². The number of benzene rings is 1. The van der Waals surface area contributed by atoms with Crippen molar-refractivity contribution < 1.29 is 9.16 Å². The van der Waals surface area contributed by atoms with Crippen LogP contribution in [0.4, 0.5) is 0 Å². The molecular formula is C33H60O2Si. The highest BCUT2D eigenvalue weighted by Gasteiger charge is 2.39. The van der Waals surface area contributed by atoms with Crippen LogP contribution in [0.3, 0.4) is 0 Å². The van der Waals surface area contributed by atoms with Crippen LogP contribution in [0.5, 0.6) is 11.5 Å². The lowest BCUT2D eigenvalue weighted by atomic mass is 9.85. The van der Waals surface area contributed by atoms with Crippen LogP contribution in [0.1, 0.15) is 131 Å². The number of fused-ring (bicyclic) bond motifs is 1. The quantitative estimate of drug-likeness (QED) is 0.229. The maximum atomic E-state index is 6.71. The molecule has 1 aliphatic heterocycles. The van der Waals surface area contributed by atoms with Crippen LogP contribution in [0, 0.1) is 24.7 Å². The zero-order chi connectivity index (χ0) is 27.1. The van der Waals surface area contributed by atoms with Gasteiger partial charge in [-0.3, -0.25) is 0 Å². The Morgan fingerprint density at radius 1 is 0.917 bits per heavy atom. The summed E-state index contributed by atoms with van der Waals surface area (Å²) in [6.07, 6.45) is 14.3. The van der Waals surface area contributed by atoms with Gasteiger partial charge in [-0.15, -0.1) is 0 Å². The summed E-state index contributed by atoms with van der Waals surface area (Å²) in [6, 6.07) is 4.46. The molecule has 0 bridgehead atoms. The lowest BCUT2D eigenvalue weighted by Gasteiger charge is -2.39. The van der Waals surface area contributed by atoms with Gasteiger partial charge in [-0.1, -0.05) is 93.4 Å². The minimum atomic E-state index is -1.84. The van der Waals surface area contributed by atoms with Crippen molar-refractivity contribution in [2.45, 2.75) is 157 Å². The average Bonchev–Trinajstić information content (AvgIpc) is 2.73. The zero-order valence-corrected chi connectivity index (χ0v) is 27.0. The average molecular weight is 517 g/mol. The fourth-order valence-electron chi connectivity index (χ4n) is 5.32. The molecule has 0 saturated carbocycles. The fourth-order valence-corrected chi connectivity index (χ4v) is 6.34. The largest absolute Gasteiger partial charge is 0.543 e. The molecular weight excluding hydrogens is 456 g/mol. The van der Waals surface area contributed by atoms with E-state index in [9.17, 15) is 0 Å². The second-order valence-corrected chi connectivity index (χ2v) is 19.2. The molecule has 0 aliphatic carbocycles. The van der Waals surface area contributed by atoms with Crippen molar-refractivity contribution in [1.29, 1.82) is 0 Å². The maximum absolute atomic E-state index is 6.71. The summed E-state index contributed by atoms with van der Waals surface area (Å²) in [7, 11) is -1.84. The third kappa shape index (κ3) is 9.73. The number of rotatable bonds is 14. The highest BCUT2D eigenvalue weighted by Crippen LogP contribution is 2.43. The molecule has 0 N–H and O–H groups in total. The lowest BCUT2D eigenvalue weighted by molar-refractivity contribution is 0.0515. The van der Waals surface area contributed by atoms with E-state index in [2.05, 4.69) is 87.5 Å². The Morgan fingerprint density at radius 3 is 2.03 bits per heavy atom. The Hall–Kier alpha value is -0.963. The van der Waals surface area contributed by atoms with Gasteiger partial charge in [0.05, 0.1) is 0 Å². The molecule has 3 heteroatoms. The Labute approximate surface area is 226 Å². The summed E-state index contributed by atoms with van der Waals surface area (Å²) in [4.78, 5) is 0. The molecule has 208 valence electrons. The van der Waals surface area contributed by atoms with Gasteiger partial charge in [-0.25, -0.2) is 0 Å². The first-order chi connectivity index (χ1) is 16.6. The van der Waals surface area contributed by atoms with Crippen molar-refractivity contribution in [3.05, 3.63) is 23.3 Å². The van der Waals surface area contributed by atoms with Gasteiger partial charge in [0.15, 0.2) is 0 Å². The monoisotopic (exact) mass is 516 g/mol. The Morgan fingerprint density at radius 2 is 1.47 bits per heavy atom. The first-order valence-electron chi connectivity index (χ1n) is 15.1. The van der Waals surface area contributed by atoms with Crippen molar-refractivity contribution in [1.82, 2.24) is 0 Å². The third-order valence-electron chi connectivity index (χ3n) is 9.05. The van der Waals surface area contributed by atoms with E-state index >= 15 is 0 Å². The highest BCUT2D eigenvalue weighted by atomic mass is 28.4. The second kappa shape index (κ2) is 13.2. The molecule has 3 unspecified atom stereocenters.